The van der Waals surface area contributed by atoms with Crippen LogP contribution in [0.2, 0.25) is 0 Å². The number of aromatic nitrogens is 2. The Morgan fingerprint density at radius 3 is 2.57 bits per heavy atom. The molecule has 1 aromatic heterocycles. The fourth-order valence-electron chi connectivity index (χ4n) is 2.93. The van der Waals surface area contributed by atoms with E-state index in [0.29, 0.717) is 18.5 Å². The van der Waals surface area contributed by atoms with Crippen LogP contribution >= 0.6 is 0 Å². The highest BCUT2D eigenvalue weighted by atomic mass is 16.4. The topological polar surface area (TPSA) is 75.4 Å². The first-order chi connectivity index (χ1) is 11.1. The van der Waals surface area contributed by atoms with Crippen LogP contribution in [-0.2, 0) is 4.79 Å². The molecule has 1 aliphatic rings. The van der Waals surface area contributed by atoms with E-state index in [9.17, 15) is 9.59 Å². The van der Waals surface area contributed by atoms with Crippen molar-refractivity contribution in [2.45, 2.75) is 19.8 Å². The van der Waals surface area contributed by atoms with Crippen LogP contribution < -0.4 is 0 Å². The molecule has 1 N–H and O–H groups in total. The van der Waals surface area contributed by atoms with Gasteiger partial charge >= 0.3 is 5.97 Å². The highest BCUT2D eigenvalue weighted by molar-refractivity contribution is 5.94. The Balaban J connectivity index is 1.75. The van der Waals surface area contributed by atoms with Crippen LogP contribution in [0.1, 0.15) is 28.9 Å². The summed E-state index contributed by atoms with van der Waals surface area (Å²) in [6.45, 7) is 2.86. The molecule has 23 heavy (non-hydrogen) atoms. The average Bonchev–Trinajstić information content (AvgIpc) is 3.00. The van der Waals surface area contributed by atoms with E-state index < -0.39 is 11.9 Å². The van der Waals surface area contributed by atoms with E-state index in [2.05, 4.69) is 5.10 Å². The van der Waals surface area contributed by atoms with Gasteiger partial charge in [-0.2, -0.15) is 5.10 Å². The van der Waals surface area contributed by atoms with Crippen molar-refractivity contribution >= 4 is 11.9 Å². The SMILES string of the molecule is Cc1ccnn1-c1ccc(C(=O)N2CCC[C@@H](C(=O)O)C2)cc1. The van der Waals surface area contributed by atoms with E-state index in [0.717, 1.165) is 17.8 Å². The minimum Gasteiger partial charge on any atom is -0.481 e. The molecule has 0 bridgehead atoms. The zero-order chi connectivity index (χ0) is 16.4. The lowest BCUT2D eigenvalue weighted by molar-refractivity contribution is -0.143. The smallest absolute Gasteiger partial charge is 0.308 e. The summed E-state index contributed by atoms with van der Waals surface area (Å²) < 4.78 is 1.80. The third-order valence-corrected chi connectivity index (χ3v) is 4.25. The summed E-state index contributed by atoms with van der Waals surface area (Å²) in [5.41, 5.74) is 2.49. The van der Waals surface area contributed by atoms with Crippen LogP contribution in [0, 0.1) is 12.8 Å². The second-order valence-electron chi connectivity index (χ2n) is 5.86. The van der Waals surface area contributed by atoms with Gasteiger partial charge in [-0.05, 0) is 50.1 Å². The molecule has 1 fully saturated rings. The van der Waals surface area contributed by atoms with Gasteiger partial charge in [-0.15, -0.1) is 0 Å². The lowest BCUT2D eigenvalue weighted by atomic mass is 9.97. The summed E-state index contributed by atoms with van der Waals surface area (Å²) in [6, 6.07) is 9.16. The summed E-state index contributed by atoms with van der Waals surface area (Å²) in [5.74, 6) is -1.40. The number of piperidine rings is 1. The largest absolute Gasteiger partial charge is 0.481 e. The monoisotopic (exact) mass is 313 g/mol. The molecular weight excluding hydrogens is 294 g/mol. The average molecular weight is 313 g/mol. The zero-order valence-electron chi connectivity index (χ0n) is 13.0. The van der Waals surface area contributed by atoms with Crippen LogP contribution in [0.5, 0.6) is 0 Å². The Labute approximate surface area is 134 Å². The minimum atomic E-state index is -0.827. The Morgan fingerprint density at radius 1 is 1.22 bits per heavy atom. The molecule has 1 atom stereocenters. The first-order valence-electron chi connectivity index (χ1n) is 7.69. The molecule has 120 valence electrons. The molecule has 1 aliphatic heterocycles. The molecule has 0 radical (unpaired) electrons. The number of amides is 1. The number of likely N-dealkylation sites (tertiary alicyclic amines) is 1. The number of carbonyl (C=O) groups excluding carboxylic acids is 1. The Bertz CT molecular complexity index is 721. The molecule has 0 aliphatic carbocycles. The second kappa shape index (κ2) is 6.24. The van der Waals surface area contributed by atoms with Crippen LogP contribution in [0.3, 0.4) is 0 Å². The van der Waals surface area contributed by atoms with Gasteiger partial charge in [0.1, 0.15) is 0 Å². The Morgan fingerprint density at radius 2 is 1.96 bits per heavy atom. The maximum absolute atomic E-state index is 12.5. The van der Waals surface area contributed by atoms with Crippen molar-refractivity contribution in [3.8, 4) is 5.69 Å². The molecule has 3 rings (SSSR count). The van der Waals surface area contributed by atoms with E-state index in [1.165, 1.54) is 0 Å². The molecule has 1 amide bonds. The minimum absolute atomic E-state index is 0.111. The molecular formula is C17H19N3O3. The molecule has 2 aromatic rings. The van der Waals surface area contributed by atoms with Gasteiger partial charge in [-0.3, -0.25) is 9.59 Å². The summed E-state index contributed by atoms with van der Waals surface area (Å²) in [4.78, 5) is 25.3. The molecule has 6 heteroatoms. The number of nitrogens with zero attached hydrogens (tertiary/aromatic N) is 3. The number of rotatable bonds is 3. The summed E-state index contributed by atoms with van der Waals surface area (Å²) in [7, 11) is 0. The molecule has 0 spiro atoms. The standard InChI is InChI=1S/C17H19N3O3/c1-12-8-9-18-20(12)15-6-4-13(5-7-15)16(21)19-10-2-3-14(11-19)17(22)23/h4-9,14H,2-3,10-11H2,1H3,(H,22,23)/t14-/m1/s1. The van der Waals surface area contributed by atoms with Gasteiger partial charge in [-0.1, -0.05) is 0 Å². The highest BCUT2D eigenvalue weighted by Gasteiger charge is 2.28. The van der Waals surface area contributed by atoms with Gasteiger partial charge < -0.3 is 10.0 Å². The quantitative estimate of drug-likeness (QED) is 0.942. The third kappa shape index (κ3) is 3.11. The lowest BCUT2D eigenvalue weighted by Crippen LogP contribution is -2.42. The summed E-state index contributed by atoms with van der Waals surface area (Å²) in [6.07, 6.45) is 3.10. The molecule has 1 saturated heterocycles. The number of hydrogen-bond acceptors (Lipinski definition) is 3. The number of aryl methyl sites for hydroxylation is 1. The molecule has 6 nitrogen and oxygen atoms in total. The fraction of sp³-hybridized carbons (Fsp3) is 0.353. The van der Waals surface area contributed by atoms with E-state index in [-0.39, 0.29) is 12.5 Å². The molecule has 2 heterocycles. The number of carboxylic acid groups (broad SMARTS) is 1. The van der Waals surface area contributed by atoms with Crippen molar-refractivity contribution < 1.29 is 14.7 Å². The number of carboxylic acids is 1. The first-order valence-corrected chi connectivity index (χ1v) is 7.69. The van der Waals surface area contributed by atoms with Crippen LogP contribution in [0.15, 0.2) is 36.5 Å². The van der Waals surface area contributed by atoms with E-state index >= 15 is 0 Å². The van der Waals surface area contributed by atoms with Gasteiger partial charge in [0.05, 0.1) is 11.6 Å². The van der Waals surface area contributed by atoms with Crippen molar-refractivity contribution in [1.82, 2.24) is 14.7 Å². The van der Waals surface area contributed by atoms with Crippen molar-refractivity contribution in [1.29, 1.82) is 0 Å². The second-order valence-corrected chi connectivity index (χ2v) is 5.86. The summed E-state index contributed by atoms with van der Waals surface area (Å²) >= 11 is 0. The van der Waals surface area contributed by atoms with Crippen molar-refractivity contribution in [2.24, 2.45) is 5.92 Å². The predicted molar refractivity (Wildman–Crippen MR) is 84.6 cm³/mol. The van der Waals surface area contributed by atoms with Crippen LogP contribution in [0.4, 0.5) is 0 Å². The van der Waals surface area contributed by atoms with Crippen molar-refractivity contribution in [2.75, 3.05) is 13.1 Å². The van der Waals surface area contributed by atoms with Gasteiger partial charge in [0.15, 0.2) is 0 Å². The van der Waals surface area contributed by atoms with Crippen molar-refractivity contribution in [3.63, 3.8) is 0 Å². The molecule has 0 unspecified atom stereocenters. The van der Waals surface area contributed by atoms with E-state index in [4.69, 9.17) is 5.11 Å². The maximum atomic E-state index is 12.5. The predicted octanol–water partition coefficient (Wildman–Crippen LogP) is 2.12. The first kappa shape index (κ1) is 15.3. The zero-order valence-corrected chi connectivity index (χ0v) is 13.0. The molecule has 1 aromatic carbocycles. The Kier molecular flexibility index (Phi) is 4.14. The van der Waals surface area contributed by atoms with E-state index in [1.807, 2.05) is 25.1 Å². The molecule has 0 saturated carbocycles. The van der Waals surface area contributed by atoms with Gasteiger partial charge in [0.25, 0.3) is 5.91 Å². The van der Waals surface area contributed by atoms with Gasteiger partial charge in [0, 0.05) is 30.5 Å². The normalized spacial score (nSPS) is 18.0. The number of hydrogen-bond donors (Lipinski definition) is 1. The van der Waals surface area contributed by atoms with E-state index in [1.54, 1.807) is 27.9 Å². The van der Waals surface area contributed by atoms with Crippen LogP contribution in [0.25, 0.3) is 5.69 Å². The maximum Gasteiger partial charge on any atom is 0.308 e. The summed E-state index contributed by atoms with van der Waals surface area (Å²) in [5, 5.41) is 13.4. The van der Waals surface area contributed by atoms with Gasteiger partial charge in [0.2, 0.25) is 0 Å². The lowest BCUT2D eigenvalue weighted by Gasteiger charge is -2.30. The van der Waals surface area contributed by atoms with Gasteiger partial charge in [-0.25, -0.2) is 4.68 Å². The number of carbonyl (C=O) groups is 2. The van der Waals surface area contributed by atoms with Crippen LogP contribution in [-0.4, -0.2) is 44.8 Å². The third-order valence-electron chi connectivity index (χ3n) is 4.25. The van der Waals surface area contributed by atoms with Crippen molar-refractivity contribution in [3.05, 3.63) is 47.8 Å². The Hall–Kier alpha value is -2.63. The fourth-order valence-corrected chi connectivity index (χ4v) is 2.93. The highest BCUT2D eigenvalue weighted by Crippen LogP contribution is 2.19. The number of benzene rings is 1. The number of aliphatic carboxylic acids is 1.